The van der Waals surface area contributed by atoms with Crippen LogP contribution in [-0.4, -0.2) is 60.9 Å². The average molecular weight is 354 g/mol. The molecule has 24 heavy (non-hydrogen) atoms. The molecule has 2 fully saturated rings. The normalized spacial score (nSPS) is 23.7. The second kappa shape index (κ2) is 7.09. The summed E-state index contributed by atoms with van der Waals surface area (Å²) in [6, 6.07) is 7.35. The van der Waals surface area contributed by atoms with Gasteiger partial charge in [-0.05, 0) is 24.5 Å². The molecular formula is C17H20ClNO5. The van der Waals surface area contributed by atoms with Gasteiger partial charge in [0.15, 0.2) is 6.10 Å². The Morgan fingerprint density at radius 3 is 2.58 bits per heavy atom. The molecule has 1 aromatic carbocycles. The summed E-state index contributed by atoms with van der Waals surface area (Å²) in [6.07, 6.45) is 0.0841. The molecule has 0 saturated carbocycles. The first-order valence-corrected chi connectivity index (χ1v) is 8.39. The number of amides is 1. The number of benzene rings is 1. The summed E-state index contributed by atoms with van der Waals surface area (Å²) in [6.45, 7) is 1.61. The standard InChI is InChI=1S/C17H20ClNO5/c18-13-4-2-1-3-12(13)17(5-8-23-9-6-17)16(22)19-7-10-24-14(11-19)15(20)21/h1-4,14H,5-11H2,(H,20,21). The third-order valence-electron chi connectivity index (χ3n) is 4.77. The summed E-state index contributed by atoms with van der Waals surface area (Å²) in [4.78, 5) is 26.2. The molecule has 0 aliphatic carbocycles. The number of hydrogen-bond donors (Lipinski definition) is 1. The number of carbonyl (C=O) groups is 2. The summed E-state index contributed by atoms with van der Waals surface area (Å²) < 4.78 is 10.7. The van der Waals surface area contributed by atoms with Crippen molar-refractivity contribution in [3.05, 3.63) is 34.9 Å². The van der Waals surface area contributed by atoms with E-state index >= 15 is 0 Å². The second-order valence-electron chi connectivity index (χ2n) is 6.12. The van der Waals surface area contributed by atoms with Gasteiger partial charge in [-0.1, -0.05) is 29.8 Å². The molecule has 1 unspecified atom stereocenters. The van der Waals surface area contributed by atoms with E-state index in [2.05, 4.69) is 0 Å². The van der Waals surface area contributed by atoms with Crippen molar-refractivity contribution in [1.29, 1.82) is 0 Å². The van der Waals surface area contributed by atoms with Crippen molar-refractivity contribution in [3.8, 4) is 0 Å². The minimum absolute atomic E-state index is 0.0568. The van der Waals surface area contributed by atoms with Crippen LogP contribution in [0.25, 0.3) is 0 Å². The first kappa shape index (κ1) is 17.2. The summed E-state index contributed by atoms with van der Waals surface area (Å²) >= 11 is 6.38. The van der Waals surface area contributed by atoms with E-state index in [1.165, 1.54) is 0 Å². The number of hydrogen-bond acceptors (Lipinski definition) is 4. The van der Waals surface area contributed by atoms with Gasteiger partial charge in [-0.3, -0.25) is 4.79 Å². The van der Waals surface area contributed by atoms with Gasteiger partial charge >= 0.3 is 5.97 Å². The highest BCUT2D eigenvalue weighted by Gasteiger charge is 2.46. The molecule has 1 amide bonds. The summed E-state index contributed by atoms with van der Waals surface area (Å²) in [7, 11) is 0. The van der Waals surface area contributed by atoms with Gasteiger partial charge in [0.1, 0.15) is 0 Å². The van der Waals surface area contributed by atoms with Crippen molar-refractivity contribution in [2.75, 3.05) is 32.9 Å². The molecule has 2 heterocycles. The van der Waals surface area contributed by atoms with Crippen LogP contribution in [0, 0.1) is 0 Å². The van der Waals surface area contributed by atoms with Crippen molar-refractivity contribution in [2.45, 2.75) is 24.4 Å². The molecular weight excluding hydrogens is 334 g/mol. The van der Waals surface area contributed by atoms with Crippen molar-refractivity contribution in [2.24, 2.45) is 0 Å². The topological polar surface area (TPSA) is 76.1 Å². The van der Waals surface area contributed by atoms with E-state index in [-0.39, 0.29) is 19.1 Å². The lowest BCUT2D eigenvalue weighted by atomic mass is 9.72. The Kier molecular flexibility index (Phi) is 5.08. The van der Waals surface area contributed by atoms with Crippen LogP contribution in [0.15, 0.2) is 24.3 Å². The molecule has 0 aromatic heterocycles. The average Bonchev–Trinajstić information content (AvgIpc) is 2.62. The lowest BCUT2D eigenvalue weighted by Crippen LogP contribution is -2.56. The summed E-state index contributed by atoms with van der Waals surface area (Å²) in [5.74, 6) is -1.14. The fraction of sp³-hybridized carbons (Fsp3) is 0.529. The van der Waals surface area contributed by atoms with Crippen LogP contribution in [0.1, 0.15) is 18.4 Å². The molecule has 1 atom stereocenters. The Morgan fingerprint density at radius 1 is 1.21 bits per heavy atom. The molecule has 2 aliphatic heterocycles. The smallest absolute Gasteiger partial charge is 0.334 e. The van der Waals surface area contributed by atoms with E-state index < -0.39 is 17.5 Å². The Labute approximate surface area is 145 Å². The fourth-order valence-corrected chi connectivity index (χ4v) is 3.77. The van der Waals surface area contributed by atoms with Gasteiger partial charge in [0, 0.05) is 24.8 Å². The Bertz CT molecular complexity index is 629. The Balaban J connectivity index is 1.93. The summed E-state index contributed by atoms with van der Waals surface area (Å²) in [5, 5.41) is 9.72. The van der Waals surface area contributed by atoms with E-state index in [9.17, 15) is 9.59 Å². The minimum Gasteiger partial charge on any atom is -0.479 e. The Morgan fingerprint density at radius 2 is 1.92 bits per heavy atom. The van der Waals surface area contributed by atoms with E-state index in [1.807, 2.05) is 18.2 Å². The number of carboxylic acids is 1. The number of carbonyl (C=O) groups excluding carboxylic acids is 1. The van der Waals surface area contributed by atoms with Crippen molar-refractivity contribution in [3.63, 3.8) is 0 Å². The minimum atomic E-state index is -1.05. The van der Waals surface area contributed by atoms with E-state index in [0.717, 1.165) is 5.56 Å². The number of carboxylic acid groups (broad SMARTS) is 1. The number of nitrogens with zero attached hydrogens (tertiary/aromatic N) is 1. The third kappa shape index (κ3) is 3.14. The van der Waals surface area contributed by atoms with Gasteiger partial charge in [-0.2, -0.15) is 0 Å². The van der Waals surface area contributed by atoms with Gasteiger partial charge in [-0.15, -0.1) is 0 Å². The zero-order chi connectivity index (χ0) is 17.2. The van der Waals surface area contributed by atoms with Crippen LogP contribution in [0.3, 0.4) is 0 Å². The van der Waals surface area contributed by atoms with Crippen LogP contribution in [0.4, 0.5) is 0 Å². The van der Waals surface area contributed by atoms with Crippen molar-refractivity contribution in [1.82, 2.24) is 4.90 Å². The number of ether oxygens (including phenoxy) is 2. The number of halogens is 1. The fourth-order valence-electron chi connectivity index (χ4n) is 3.45. The first-order valence-electron chi connectivity index (χ1n) is 8.01. The van der Waals surface area contributed by atoms with Gasteiger partial charge in [0.25, 0.3) is 0 Å². The number of aliphatic carboxylic acids is 1. The lowest BCUT2D eigenvalue weighted by Gasteiger charge is -2.42. The van der Waals surface area contributed by atoms with Gasteiger partial charge in [-0.25, -0.2) is 4.79 Å². The van der Waals surface area contributed by atoms with E-state index in [0.29, 0.717) is 37.6 Å². The van der Waals surface area contributed by atoms with Crippen LogP contribution < -0.4 is 0 Å². The molecule has 3 rings (SSSR count). The number of rotatable bonds is 3. The second-order valence-corrected chi connectivity index (χ2v) is 6.53. The molecule has 0 bridgehead atoms. The number of morpholine rings is 1. The zero-order valence-corrected chi connectivity index (χ0v) is 14.0. The predicted octanol–water partition coefficient (Wildman–Crippen LogP) is 1.70. The SMILES string of the molecule is O=C(O)C1CN(C(=O)C2(c3ccccc3Cl)CCOCC2)CCO1. The van der Waals surface area contributed by atoms with Crippen LogP contribution in [0.5, 0.6) is 0 Å². The van der Waals surface area contributed by atoms with E-state index in [4.69, 9.17) is 26.2 Å². The maximum atomic E-state index is 13.4. The monoisotopic (exact) mass is 353 g/mol. The molecule has 2 aliphatic rings. The van der Waals surface area contributed by atoms with Gasteiger partial charge in [0.05, 0.1) is 18.6 Å². The molecule has 2 saturated heterocycles. The van der Waals surface area contributed by atoms with Crippen LogP contribution >= 0.6 is 11.6 Å². The molecule has 1 N–H and O–H groups in total. The van der Waals surface area contributed by atoms with Crippen LogP contribution in [-0.2, 0) is 24.5 Å². The highest BCUT2D eigenvalue weighted by molar-refractivity contribution is 6.31. The molecule has 6 nitrogen and oxygen atoms in total. The molecule has 0 radical (unpaired) electrons. The quantitative estimate of drug-likeness (QED) is 0.895. The molecule has 7 heteroatoms. The summed E-state index contributed by atoms with van der Waals surface area (Å²) in [5.41, 5.74) is 0.0232. The highest BCUT2D eigenvalue weighted by Crippen LogP contribution is 2.40. The molecule has 1 aromatic rings. The third-order valence-corrected chi connectivity index (χ3v) is 5.10. The van der Waals surface area contributed by atoms with Gasteiger partial charge < -0.3 is 19.5 Å². The largest absolute Gasteiger partial charge is 0.479 e. The first-order chi connectivity index (χ1) is 11.5. The van der Waals surface area contributed by atoms with Gasteiger partial charge in [0.2, 0.25) is 5.91 Å². The predicted molar refractivity (Wildman–Crippen MR) is 87.1 cm³/mol. The molecule has 0 spiro atoms. The highest BCUT2D eigenvalue weighted by atomic mass is 35.5. The zero-order valence-electron chi connectivity index (χ0n) is 13.2. The van der Waals surface area contributed by atoms with Crippen molar-refractivity contribution >= 4 is 23.5 Å². The maximum Gasteiger partial charge on any atom is 0.334 e. The van der Waals surface area contributed by atoms with E-state index in [1.54, 1.807) is 11.0 Å². The van der Waals surface area contributed by atoms with Crippen molar-refractivity contribution < 1.29 is 24.2 Å². The molecule has 130 valence electrons. The Hall–Kier alpha value is -1.63. The lowest BCUT2D eigenvalue weighted by molar-refractivity contribution is -0.162. The maximum absolute atomic E-state index is 13.4. The van der Waals surface area contributed by atoms with Crippen LogP contribution in [0.2, 0.25) is 5.02 Å².